The van der Waals surface area contributed by atoms with Crippen LogP contribution in [0.25, 0.3) is 6.08 Å². The Kier molecular flexibility index (Phi) is 9.60. The summed E-state index contributed by atoms with van der Waals surface area (Å²) in [6, 6.07) is 14.3. The van der Waals surface area contributed by atoms with E-state index in [9.17, 15) is 4.79 Å². The van der Waals surface area contributed by atoms with Gasteiger partial charge in [-0.1, -0.05) is 13.0 Å². The predicted molar refractivity (Wildman–Crippen MR) is 112 cm³/mol. The van der Waals surface area contributed by atoms with Crippen LogP contribution in [-0.4, -0.2) is 39.5 Å². The smallest absolute Gasteiger partial charge is 0.330 e. The fourth-order valence-corrected chi connectivity index (χ4v) is 2.38. The minimum Gasteiger partial charge on any atom is -0.494 e. The van der Waals surface area contributed by atoms with Crippen molar-refractivity contribution in [2.45, 2.75) is 13.3 Å². The molecule has 0 aliphatic rings. The lowest BCUT2D eigenvalue weighted by Crippen LogP contribution is -2.10. The highest BCUT2D eigenvalue weighted by Crippen LogP contribution is 2.28. The van der Waals surface area contributed by atoms with Crippen LogP contribution in [0, 0.1) is 11.3 Å². The van der Waals surface area contributed by atoms with Crippen LogP contribution in [-0.2, 0) is 9.53 Å². The lowest BCUT2D eigenvalue weighted by molar-refractivity contribution is -0.138. The molecule has 0 heterocycles. The summed E-state index contributed by atoms with van der Waals surface area (Å²) in [5.74, 6) is 1.92. The van der Waals surface area contributed by atoms with Gasteiger partial charge in [0.2, 0.25) is 0 Å². The first-order chi connectivity index (χ1) is 14.7. The predicted octanol–water partition coefficient (Wildman–Crippen LogP) is 4.02. The van der Waals surface area contributed by atoms with Gasteiger partial charge in [0.1, 0.15) is 30.8 Å². The van der Waals surface area contributed by atoms with E-state index in [1.807, 2.05) is 37.3 Å². The van der Waals surface area contributed by atoms with Crippen molar-refractivity contribution >= 4 is 12.0 Å². The summed E-state index contributed by atoms with van der Waals surface area (Å²) in [5, 5.41) is 8.59. The maximum Gasteiger partial charge on any atom is 0.330 e. The molecule has 0 aromatic heterocycles. The standard InChI is InChI=1S/C23H25NO6/c1-3-13-27-19-6-8-20(9-7-19)28-15-16-30-23(25)11-5-18-4-10-21(29-14-12-24)22(17-18)26-2/h4-11,17H,3,13-16H2,1-2H3/b11-5+. The monoisotopic (exact) mass is 411 g/mol. The van der Waals surface area contributed by atoms with E-state index in [4.69, 9.17) is 28.9 Å². The molecule has 2 aromatic rings. The van der Waals surface area contributed by atoms with Gasteiger partial charge in [-0.15, -0.1) is 0 Å². The Morgan fingerprint density at radius 2 is 1.67 bits per heavy atom. The van der Waals surface area contributed by atoms with Gasteiger partial charge in [-0.05, 0) is 54.5 Å². The molecule has 0 saturated heterocycles. The van der Waals surface area contributed by atoms with Crippen molar-refractivity contribution in [2.75, 3.05) is 33.5 Å². The number of hydrogen-bond donors (Lipinski definition) is 0. The van der Waals surface area contributed by atoms with Crippen LogP contribution in [0.1, 0.15) is 18.9 Å². The molecule has 0 N–H and O–H groups in total. The van der Waals surface area contributed by atoms with Gasteiger partial charge in [0.05, 0.1) is 13.7 Å². The molecule has 30 heavy (non-hydrogen) atoms. The molecule has 0 unspecified atom stereocenters. The summed E-state index contributed by atoms with van der Waals surface area (Å²) in [4.78, 5) is 11.9. The SMILES string of the molecule is CCCOc1ccc(OCCOC(=O)/C=C/c2ccc(OCC#N)c(OC)c2)cc1. The largest absolute Gasteiger partial charge is 0.494 e. The zero-order valence-electron chi connectivity index (χ0n) is 17.1. The molecule has 7 nitrogen and oxygen atoms in total. The lowest BCUT2D eigenvalue weighted by atomic mass is 10.2. The van der Waals surface area contributed by atoms with E-state index in [1.165, 1.54) is 13.2 Å². The van der Waals surface area contributed by atoms with E-state index in [0.29, 0.717) is 23.9 Å². The Morgan fingerprint density at radius 1 is 0.967 bits per heavy atom. The molecule has 0 amide bonds. The number of nitrogens with zero attached hydrogens (tertiary/aromatic N) is 1. The first-order valence-electron chi connectivity index (χ1n) is 9.54. The molecule has 0 atom stereocenters. The van der Waals surface area contributed by atoms with E-state index >= 15 is 0 Å². The molecule has 0 aliphatic carbocycles. The van der Waals surface area contributed by atoms with Gasteiger partial charge in [-0.25, -0.2) is 4.79 Å². The molecule has 0 spiro atoms. The van der Waals surface area contributed by atoms with E-state index in [1.54, 1.807) is 24.3 Å². The summed E-state index contributed by atoms with van der Waals surface area (Å²) >= 11 is 0. The van der Waals surface area contributed by atoms with E-state index in [2.05, 4.69) is 0 Å². The van der Waals surface area contributed by atoms with E-state index < -0.39 is 5.97 Å². The normalized spacial score (nSPS) is 10.3. The fourth-order valence-electron chi connectivity index (χ4n) is 2.38. The van der Waals surface area contributed by atoms with Crippen LogP contribution in [0.4, 0.5) is 0 Å². The van der Waals surface area contributed by atoms with Crippen molar-refractivity contribution in [3.8, 4) is 29.1 Å². The number of carbonyl (C=O) groups excluding carboxylic acids is 1. The van der Waals surface area contributed by atoms with E-state index in [0.717, 1.165) is 17.7 Å². The molecule has 158 valence electrons. The van der Waals surface area contributed by atoms with Gasteiger partial charge in [-0.2, -0.15) is 5.26 Å². The third kappa shape index (κ3) is 7.76. The van der Waals surface area contributed by atoms with Crippen LogP contribution in [0.5, 0.6) is 23.0 Å². The van der Waals surface area contributed by atoms with Crippen molar-refractivity contribution in [3.05, 3.63) is 54.1 Å². The molecular formula is C23H25NO6. The molecule has 2 aromatic carbocycles. The average Bonchev–Trinajstić information content (AvgIpc) is 2.78. The highest BCUT2D eigenvalue weighted by molar-refractivity contribution is 5.87. The van der Waals surface area contributed by atoms with Crippen LogP contribution >= 0.6 is 0 Å². The number of methoxy groups -OCH3 is 1. The average molecular weight is 411 g/mol. The third-order valence-corrected chi connectivity index (χ3v) is 3.78. The second-order valence-electron chi connectivity index (χ2n) is 6.03. The molecule has 0 fully saturated rings. The topological polar surface area (TPSA) is 87.0 Å². The number of ether oxygens (including phenoxy) is 5. The Balaban J connectivity index is 1.75. The molecule has 0 bridgehead atoms. The summed E-state index contributed by atoms with van der Waals surface area (Å²) in [6.07, 6.45) is 3.88. The summed E-state index contributed by atoms with van der Waals surface area (Å²) in [6.45, 7) is 3.02. The van der Waals surface area contributed by atoms with Gasteiger partial charge in [0.15, 0.2) is 18.1 Å². The number of esters is 1. The van der Waals surface area contributed by atoms with Crippen LogP contribution in [0.15, 0.2) is 48.5 Å². The Morgan fingerprint density at radius 3 is 2.30 bits per heavy atom. The molecule has 2 rings (SSSR count). The summed E-state index contributed by atoms with van der Waals surface area (Å²) in [7, 11) is 1.50. The summed E-state index contributed by atoms with van der Waals surface area (Å²) in [5.41, 5.74) is 0.731. The Bertz CT molecular complexity index is 870. The zero-order valence-corrected chi connectivity index (χ0v) is 17.1. The van der Waals surface area contributed by atoms with Crippen molar-refractivity contribution in [1.29, 1.82) is 5.26 Å². The number of benzene rings is 2. The van der Waals surface area contributed by atoms with Crippen molar-refractivity contribution in [1.82, 2.24) is 0 Å². The highest BCUT2D eigenvalue weighted by Gasteiger charge is 2.05. The minimum absolute atomic E-state index is 0.0727. The fraction of sp³-hybridized carbons (Fsp3) is 0.304. The van der Waals surface area contributed by atoms with Crippen molar-refractivity contribution in [3.63, 3.8) is 0 Å². The molecule has 0 saturated carbocycles. The number of carbonyl (C=O) groups is 1. The minimum atomic E-state index is -0.481. The highest BCUT2D eigenvalue weighted by atomic mass is 16.6. The Hall–Kier alpha value is -3.66. The van der Waals surface area contributed by atoms with Gasteiger partial charge >= 0.3 is 5.97 Å². The number of rotatable bonds is 12. The van der Waals surface area contributed by atoms with Crippen LogP contribution in [0.3, 0.4) is 0 Å². The number of hydrogen-bond acceptors (Lipinski definition) is 7. The molecular weight excluding hydrogens is 386 g/mol. The van der Waals surface area contributed by atoms with Crippen molar-refractivity contribution < 1.29 is 28.5 Å². The first-order valence-corrected chi connectivity index (χ1v) is 9.54. The van der Waals surface area contributed by atoms with Gasteiger partial charge in [-0.3, -0.25) is 0 Å². The quantitative estimate of drug-likeness (QED) is 0.296. The second kappa shape index (κ2) is 12.7. The first kappa shape index (κ1) is 22.6. The van der Waals surface area contributed by atoms with Crippen LogP contribution in [0.2, 0.25) is 0 Å². The molecule has 7 heteroatoms. The van der Waals surface area contributed by atoms with Crippen molar-refractivity contribution in [2.24, 2.45) is 0 Å². The lowest BCUT2D eigenvalue weighted by Gasteiger charge is -2.09. The van der Waals surface area contributed by atoms with Gasteiger partial charge < -0.3 is 23.7 Å². The van der Waals surface area contributed by atoms with E-state index in [-0.39, 0.29) is 19.8 Å². The van der Waals surface area contributed by atoms with Crippen LogP contribution < -0.4 is 18.9 Å². The Labute approximate surface area is 176 Å². The molecule has 0 radical (unpaired) electrons. The maximum atomic E-state index is 11.9. The summed E-state index contributed by atoms with van der Waals surface area (Å²) < 4.78 is 26.7. The maximum absolute atomic E-state index is 11.9. The second-order valence-corrected chi connectivity index (χ2v) is 6.03. The molecule has 0 aliphatic heterocycles. The van der Waals surface area contributed by atoms with Gasteiger partial charge in [0.25, 0.3) is 0 Å². The zero-order chi connectivity index (χ0) is 21.6. The third-order valence-electron chi connectivity index (χ3n) is 3.78. The number of nitriles is 1. The van der Waals surface area contributed by atoms with Gasteiger partial charge in [0, 0.05) is 6.08 Å².